The summed E-state index contributed by atoms with van der Waals surface area (Å²) in [5.41, 5.74) is 6.73. The first kappa shape index (κ1) is 19.7. The average Bonchev–Trinajstić information content (AvgIpc) is 2.35. The van der Waals surface area contributed by atoms with Crippen molar-refractivity contribution in [2.24, 2.45) is 11.7 Å². The standard InChI is InChI=1S/C13H21N3O3S.ClH/c1-4-9(2)12(14)13(17)15-10-6-5-7-11(8-10)16-20(3,18)19;/h5-9,12,16H,4,14H2,1-3H3,(H,15,17);1H. The molecule has 2 atom stereocenters. The lowest BCUT2D eigenvalue weighted by Gasteiger charge is -2.18. The van der Waals surface area contributed by atoms with E-state index in [1.54, 1.807) is 24.3 Å². The van der Waals surface area contributed by atoms with Crippen LogP contribution >= 0.6 is 12.4 Å². The van der Waals surface area contributed by atoms with E-state index in [0.717, 1.165) is 12.7 Å². The fourth-order valence-corrected chi connectivity index (χ4v) is 2.17. The second kappa shape index (κ2) is 8.21. The summed E-state index contributed by atoms with van der Waals surface area (Å²) >= 11 is 0. The molecule has 1 aromatic rings. The van der Waals surface area contributed by atoms with Crippen LogP contribution in [0.2, 0.25) is 0 Å². The molecule has 120 valence electrons. The molecule has 1 rings (SSSR count). The molecule has 0 aromatic heterocycles. The van der Waals surface area contributed by atoms with Crippen LogP contribution in [0.3, 0.4) is 0 Å². The second-order valence-electron chi connectivity index (χ2n) is 4.86. The smallest absolute Gasteiger partial charge is 0.241 e. The van der Waals surface area contributed by atoms with Crippen molar-refractivity contribution < 1.29 is 13.2 Å². The number of benzene rings is 1. The van der Waals surface area contributed by atoms with Crippen LogP contribution in [0.1, 0.15) is 20.3 Å². The number of hydrogen-bond acceptors (Lipinski definition) is 4. The number of hydrogen-bond donors (Lipinski definition) is 3. The maximum Gasteiger partial charge on any atom is 0.241 e. The highest BCUT2D eigenvalue weighted by Gasteiger charge is 2.19. The maximum absolute atomic E-state index is 11.9. The topological polar surface area (TPSA) is 101 Å². The van der Waals surface area contributed by atoms with Crippen LogP contribution in [0.15, 0.2) is 24.3 Å². The van der Waals surface area contributed by atoms with Gasteiger partial charge in [-0.1, -0.05) is 26.3 Å². The summed E-state index contributed by atoms with van der Waals surface area (Å²) in [5.74, 6) is -0.205. The summed E-state index contributed by atoms with van der Waals surface area (Å²) in [7, 11) is -3.34. The molecule has 1 amide bonds. The minimum absolute atomic E-state index is 0. The first-order valence-electron chi connectivity index (χ1n) is 6.37. The predicted octanol–water partition coefficient (Wildman–Crippen LogP) is 1.79. The molecule has 0 saturated carbocycles. The molecular weight excluding hydrogens is 314 g/mol. The Kier molecular flexibility index (Phi) is 7.70. The molecule has 0 spiro atoms. The highest BCUT2D eigenvalue weighted by Crippen LogP contribution is 2.17. The molecule has 1 aromatic carbocycles. The fraction of sp³-hybridized carbons (Fsp3) is 0.462. The van der Waals surface area contributed by atoms with E-state index in [9.17, 15) is 13.2 Å². The third kappa shape index (κ3) is 6.79. The van der Waals surface area contributed by atoms with Crippen molar-refractivity contribution in [3.63, 3.8) is 0 Å². The summed E-state index contributed by atoms with van der Waals surface area (Å²) in [6.07, 6.45) is 1.88. The zero-order valence-corrected chi connectivity index (χ0v) is 13.9. The molecule has 8 heteroatoms. The molecule has 0 aliphatic heterocycles. The van der Waals surface area contributed by atoms with Crippen LogP contribution < -0.4 is 15.8 Å². The van der Waals surface area contributed by atoms with Crippen molar-refractivity contribution in [2.45, 2.75) is 26.3 Å². The van der Waals surface area contributed by atoms with Crippen molar-refractivity contribution in [1.29, 1.82) is 0 Å². The maximum atomic E-state index is 11.9. The van der Waals surface area contributed by atoms with Gasteiger partial charge in [0.25, 0.3) is 0 Å². The Hall–Kier alpha value is -1.31. The van der Waals surface area contributed by atoms with Crippen LogP contribution in [-0.2, 0) is 14.8 Å². The molecule has 0 radical (unpaired) electrons. The Morgan fingerprint density at radius 3 is 2.43 bits per heavy atom. The Labute approximate surface area is 132 Å². The Morgan fingerprint density at radius 2 is 1.90 bits per heavy atom. The molecule has 0 bridgehead atoms. The minimum atomic E-state index is -3.34. The van der Waals surface area contributed by atoms with Crippen molar-refractivity contribution in [1.82, 2.24) is 0 Å². The Morgan fingerprint density at radius 1 is 1.33 bits per heavy atom. The molecule has 4 N–H and O–H groups in total. The quantitative estimate of drug-likeness (QED) is 0.737. The van der Waals surface area contributed by atoms with Crippen LogP contribution in [-0.4, -0.2) is 26.6 Å². The monoisotopic (exact) mass is 335 g/mol. The number of rotatable bonds is 6. The highest BCUT2D eigenvalue weighted by molar-refractivity contribution is 7.92. The van der Waals surface area contributed by atoms with E-state index in [0.29, 0.717) is 11.4 Å². The molecule has 0 saturated heterocycles. The van der Waals surface area contributed by atoms with Crippen molar-refractivity contribution in [3.05, 3.63) is 24.3 Å². The van der Waals surface area contributed by atoms with Crippen LogP contribution in [0.4, 0.5) is 11.4 Å². The number of amides is 1. The zero-order valence-electron chi connectivity index (χ0n) is 12.3. The SMILES string of the molecule is CCC(C)C(N)C(=O)Nc1cccc(NS(C)(=O)=O)c1.Cl. The van der Waals surface area contributed by atoms with Crippen molar-refractivity contribution in [2.75, 3.05) is 16.3 Å². The average molecular weight is 336 g/mol. The van der Waals surface area contributed by atoms with Crippen molar-refractivity contribution in [3.8, 4) is 0 Å². The van der Waals surface area contributed by atoms with Gasteiger partial charge in [-0.2, -0.15) is 0 Å². The summed E-state index contributed by atoms with van der Waals surface area (Å²) in [6, 6.07) is 5.88. The van der Waals surface area contributed by atoms with Crippen molar-refractivity contribution >= 4 is 39.7 Å². The number of carbonyl (C=O) groups is 1. The highest BCUT2D eigenvalue weighted by atomic mass is 35.5. The zero-order chi connectivity index (χ0) is 15.3. The number of nitrogens with one attached hydrogen (secondary N) is 2. The lowest BCUT2D eigenvalue weighted by atomic mass is 9.99. The van der Waals surface area contributed by atoms with E-state index in [-0.39, 0.29) is 24.2 Å². The lowest BCUT2D eigenvalue weighted by Crippen LogP contribution is -2.40. The largest absolute Gasteiger partial charge is 0.325 e. The van der Waals surface area contributed by atoms with Gasteiger partial charge in [-0.05, 0) is 24.1 Å². The summed E-state index contributed by atoms with van der Waals surface area (Å²) in [4.78, 5) is 11.9. The molecule has 0 aliphatic carbocycles. The van der Waals surface area contributed by atoms with Gasteiger partial charge in [0, 0.05) is 5.69 Å². The van der Waals surface area contributed by atoms with E-state index in [4.69, 9.17) is 5.73 Å². The molecule has 0 aliphatic rings. The first-order valence-corrected chi connectivity index (χ1v) is 8.26. The van der Waals surface area contributed by atoms with E-state index >= 15 is 0 Å². The molecule has 0 heterocycles. The number of carbonyl (C=O) groups excluding carboxylic acids is 1. The van der Waals surface area contributed by atoms with E-state index in [2.05, 4.69) is 10.0 Å². The third-order valence-corrected chi connectivity index (χ3v) is 3.60. The third-order valence-electron chi connectivity index (χ3n) is 2.99. The predicted molar refractivity (Wildman–Crippen MR) is 88.2 cm³/mol. The number of anilines is 2. The first-order chi connectivity index (χ1) is 9.23. The molecule has 0 fully saturated rings. The van der Waals surface area contributed by atoms with E-state index < -0.39 is 16.1 Å². The molecular formula is C13H22ClN3O3S. The number of sulfonamides is 1. The lowest BCUT2D eigenvalue weighted by molar-refractivity contribution is -0.118. The van der Waals surface area contributed by atoms with Gasteiger partial charge in [0.05, 0.1) is 18.0 Å². The van der Waals surface area contributed by atoms with Gasteiger partial charge in [-0.3, -0.25) is 9.52 Å². The summed E-state index contributed by atoms with van der Waals surface area (Å²) in [5, 5.41) is 2.68. The van der Waals surface area contributed by atoms with Gasteiger partial charge >= 0.3 is 0 Å². The van der Waals surface area contributed by atoms with E-state index in [1.807, 2.05) is 13.8 Å². The van der Waals surface area contributed by atoms with Crippen LogP contribution in [0, 0.1) is 5.92 Å². The normalized spacial score (nSPS) is 13.7. The van der Waals surface area contributed by atoms with Gasteiger partial charge in [0.1, 0.15) is 0 Å². The Balaban J connectivity index is 0.00000400. The van der Waals surface area contributed by atoms with Gasteiger partial charge in [0.2, 0.25) is 15.9 Å². The van der Waals surface area contributed by atoms with Gasteiger partial charge in [-0.15, -0.1) is 12.4 Å². The summed E-state index contributed by atoms with van der Waals surface area (Å²) in [6.45, 7) is 3.88. The minimum Gasteiger partial charge on any atom is -0.325 e. The second-order valence-corrected chi connectivity index (χ2v) is 6.60. The van der Waals surface area contributed by atoms with Gasteiger partial charge in [0.15, 0.2) is 0 Å². The number of halogens is 1. The van der Waals surface area contributed by atoms with Crippen LogP contribution in [0.5, 0.6) is 0 Å². The van der Waals surface area contributed by atoms with Gasteiger partial charge in [-0.25, -0.2) is 8.42 Å². The molecule has 6 nitrogen and oxygen atoms in total. The Bertz CT molecular complexity index is 578. The van der Waals surface area contributed by atoms with Crippen LogP contribution in [0.25, 0.3) is 0 Å². The number of nitrogens with two attached hydrogens (primary N) is 1. The summed E-state index contributed by atoms with van der Waals surface area (Å²) < 4.78 is 24.7. The van der Waals surface area contributed by atoms with Gasteiger partial charge < -0.3 is 11.1 Å². The van der Waals surface area contributed by atoms with E-state index in [1.165, 1.54) is 0 Å². The molecule has 2 unspecified atom stereocenters. The fourth-order valence-electron chi connectivity index (χ4n) is 1.61. The molecule has 21 heavy (non-hydrogen) atoms.